The van der Waals surface area contributed by atoms with Crippen LogP contribution in [0.1, 0.15) is 0 Å². The summed E-state index contributed by atoms with van der Waals surface area (Å²) < 4.78 is 27.1. The Balaban J connectivity index is 2.31. The van der Waals surface area contributed by atoms with E-state index in [1.165, 1.54) is 10.2 Å². The lowest BCUT2D eigenvalue weighted by Gasteiger charge is -2.08. The van der Waals surface area contributed by atoms with Crippen molar-refractivity contribution in [3.8, 4) is 0 Å². The molecule has 0 N–H and O–H groups in total. The normalized spacial score (nSPS) is 11.8. The molecule has 96 valence electrons. The molecule has 0 unspecified atom stereocenters. The minimum Gasteiger partial charge on any atom is -0.255 e. The maximum absolute atomic E-state index is 12.6. The molecule has 0 bridgehead atoms. The predicted octanol–water partition coefficient (Wildman–Crippen LogP) is 3.04. The summed E-state index contributed by atoms with van der Waals surface area (Å²) in [5.41, 5.74) is 1.18. The number of nitrogens with zero attached hydrogens (tertiary/aromatic N) is 2. The number of aromatic nitrogens is 2. The average Bonchev–Trinajstić information content (AvgIpc) is 2.86. The van der Waals surface area contributed by atoms with Gasteiger partial charge in [0.15, 0.2) is 0 Å². The third kappa shape index (κ3) is 1.97. The van der Waals surface area contributed by atoms with E-state index in [9.17, 15) is 8.42 Å². The highest BCUT2D eigenvalue weighted by Crippen LogP contribution is 2.26. The van der Waals surface area contributed by atoms with Gasteiger partial charge in [0.25, 0.3) is 10.0 Å². The van der Waals surface area contributed by atoms with E-state index in [0.29, 0.717) is 15.5 Å². The van der Waals surface area contributed by atoms with Gasteiger partial charge >= 0.3 is 0 Å². The molecule has 1 aromatic carbocycles. The monoisotopic (exact) mass is 336 g/mol. The molecule has 0 atom stereocenters. The van der Waals surface area contributed by atoms with Gasteiger partial charge in [-0.1, -0.05) is 18.2 Å². The molecule has 4 nitrogen and oxygen atoms in total. The van der Waals surface area contributed by atoms with Gasteiger partial charge in [0.1, 0.15) is 0 Å². The highest BCUT2D eigenvalue weighted by atomic mass is 79.9. The first-order valence-corrected chi connectivity index (χ1v) is 7.76. The van der Waals surface area contributed by atoms with Crippen molar-refractivity contribution in [3.63, 3.8) is 0 Å². The summed E-state index contributed by atoms with van der Waals surface area (Å²) >= 11 is 3.37. The highest BCUT2D eigenvalue weighted by molar-refractivity contribution is 9.10. The van der Waals surface area contributed by atoms with Gasteiger partial charge in [-0.2, -0.15) is 0 Å². The van der Waals surface area contributed by atoms with Crippen molar-refractivity contribution in [1.82, 2.24) is 8.96 Å². The summed E-state index contributed by atoms with van der Waals surface area (Å²) in [6, 6.07) is 11.7. The fourth-order valence-corrected chi connectivity index (χ4v) is 3.92. The van der Waals surface area contributed by atoms with E-state index >= 15 is 0 Å². The summed E-state index contributed by atoms with van der Waals surface area (Å²) in [6.45, 7) is 0. The number of pyridine rings is 1. The lowest BCUT2D eigenvalue weighted by Crippen LogP contribution is -2.11. The molecule has 0 radical (unpaired) electrons. The minimum atomic E-state index is -3.60. The first-order valence-electron chi connectivity index (χ1n) is 5.53. The lowest BCUT2D eigenvalue weighted by molar-refractivity contribution is 0.589. The van der Waals surface area contributed by atoms with Crippen LogP contribution in [0.15, 0.2) is 64.2 Å². The van der Waals surface area contributed by atoms with Gasteiger partial charge in [0.05, 0.1) is 15.9 Å². The van der Waals surface area contributed by atoms with E-state index in [1.54, 1.807) is 48.7 Å². The van der Waals surface area contributed by atoms with Gasteiger partial charge in [-0.25, -0.2) is 12.4 Å². The molecule has 0 fully saturated rings. The van der Waals surface area contributed by atoms with Crippen molar-refractivity contribution in [1.29, 1.82) is 0 Å². The van der Waals surface area contributed by atoms with Crippen LogP contribution in [0.25, 0.3) is 11.0 Å². The third-order valence-corrected chi connectivity index (χ3v) is 5.12. The van der Waals surface area contributed by atoms with Gasteiger partial charge in [-0.05, 0) is 40.2 Å². The Labute approximate surface area is 118 Å². The SMILES string of the molecule is O=S(=O)(c1ccccc1)n1ccc2nccc(Br)c21. The zero-order valence-corrected chi connectivity index (χ0v) is 12.1. The summed E-state index contributed by atoms with van der Waals surface area (Å²) in [4.78, 5) is 4.41. The van der Waals surface area contributed by atoms with Crippen molar-refractivity contribution >= 4 is 37.0 Å². The van der Waals surface area contributed by atoms with Crippen molar-refractivity contribution in [2.24, 2.45) is 0 Å². The number of hydrogen-bond acceptors (Lipinski definition) is 3. The molecule has 3 rings (SSSR count). The number of rotatable bonds is 2. The second kappa shape index (κ2) is 4.47. The standard InChI is InChI=1S/C13H9BrN2O2S/c14-11-6-8-15-12-7-9-16(13(11)12)19(17,18)10-4-2-1-3-5-10/h1-9H. The topological polar surface area (TPSA) is 52.0 Å². The van der Waals surface area contributed by atoms with Crippen LogP contribution >= 0.6 is 15.9 Å². The van der Waals surface area contributed by atoms with Crippen LogP contribution in [0.3, 0.4) is 0 Å². The molecule has 2 aromatic heterocycles. The first-order chi connectivity index (χ1) is 9.10. The van der Waals surface area contributed by atoms with E-state index in [0.717, 1.165) is 0 Å². The molecule has 0 amide bonds. The summed E-state index contributed by atoms with van der Waals surface area (Å²) in [6.07, 6.45) is 3.15. The maximum Gasteiger partial charge on any atom is 0.268 e. The molecule has 0 spiro atoms. The van der Waals surface area contributed by atoms with Crippen LogP contribution in [0.5, 0.6) is 0 Å². The second-order valence-electron chi connectivity index (χ2n) is 3.96. The molecular weight excluding hydrogens is 328 g/mol. The quantitative estimate of drug-likeness (QED) is 0.722. The molecule has 19 heavy (non-hydrogen) atoms. The van der Waals surface area contributed by atoms with Gasteiger partial charge in [0.2, 0.25) is 0 Å². The molecule has 3 aromatic rings. The Bertz CT molecular complexity index is 841. The molecule has 0 aliphatic carbocycles. The summed E-state index contributed by atoms with van der Waals surface area (Å²) in [5, 5.41) is 0. The Morgan fingerprint density at radius 2 is 1.79 bits per heavy atom. The lowest BCUT2D eigenvalue weighted by atomic mass is 10.4. The van der Waals surface area contributed by atoms with Crippen LogP contribution in [-0.4, -0.2) is 17.4 Å². The van der Waals surface area contributed by atoms with Gasteiger partial charge in [-0.15, -0.1) is 0 Å². The van der Waals surface area contributed by atoms with Gasteiger partial charge in [-0.3, -0.25) is 4.98 Å². The summed E-state index contributed by atoms with van der Waals surface area (Å²) in [7, 11) is -3.60. The highest BCUT2D eigenvalue weighted by Gasteiger charge is 2.19. The van der Waals surface area contributed by atoms with Gasteiger partial charge in [0, 0.05) is 16.9 Å². The fraction of sp³-hybridized carbons (Fsp3) is 0. The first kappa shape index (κ1) is 12.4. The van der Waals surface area contributed by atoms with E-state index in [4.69, 9.17) is 0 Å². The zero-order valence-electron chi connectivity index (χ0n) is 9.69. The number of hydrogen-bond donors (Lipinski definition) is 0. The van der Waals surface area contributed by atoms with Crippen LogP contribution in [0.2, 0.25) is 0 Å². The molecule has 0 saturated carbocycles. The average molecular weight is 337 g/mol. The molecule has 0 saturated heterocycles. The molecule has 6 heteroatoms. The Hall–Kier alpha value is -1.66. The maximum atomic E-state index is 12.6. The molecule has 2 heterocycles. The third-order valence-electron chi connectivity index (χ3n) is 2.79. The zero-order chi connectivity index (χ0) is 13.5. The van der Waals surface area contributed by atoms with E-state index in [2.05, 4.69) is 20.9 Å². The van der Waals surface area contributed by atoms with Crippen molar-refractivity contribution in [2.45, 2.75) is 4.90 Å². The van der Waals surface area contributed by atoms with Crippen LogP contribution in [-0.2, 0) is 10.0 Å². The Morgan fingerprint density at radius 3 is 2.53 bits per heavy atom. The summed E-state index contributed by atoms with van der Waals surface area (Å²) in [5.74, 6) is 0. The Morgan fingerprint density at radius 1 is 1.05 bits per heavy atom. The smallest absolute Gasteiger partial charge is 0.255 e. The molecule has 0 aliphatic rings. The van der Waals surface area contributed by atoms with Crippen LogP contribution in [0, 0.1) is 0 Å². The van der Waals surface area contributed by atoms with Gasteiger partial charge < -0.3 is 0 Å². The molecule has 0 aliphatic heterocycles. The van der Waals surface area contributed by atoms with E-state index < -0.39 is 10.0 Å². The predicted molar refractivity (Wildman–Crippen MR) is 76.5 cm³/mol. The largest absolute Gasteiger partial charge is 0.268 e. The fourth-order valence-electron chi connectivity index (χ4n) is 1.90. The number of fused-ring (bicyclic) bond motifs is 1. The van der Waals surface area contributed by atoms with Crippen LogP contribution < -0.4 is 0 Å². The van der Waals surface area contributed by atoms with E-state index in [-0.39, 0.29) is 4.90 Å². The van der Waals surface area contributed by atoms with Crippen molar-refractivity contribution in [3.05, 3.63) is 59.3 Å². The Kier molecular flexibility index (Phi) is 2.91. The molecular formula is C13H9BrN2O2S. The van der Waals surface area contributed by atoms with Crippen molar-refractivity contribution in [2.75, 3.05) is 0 Å². The number of halogens is 1. The number of benzene rings is 1. The second-order valence-corrected chi connectivity index (χ2v) is 6.63. The van der Waals surface area contributed by atoms with Crippen molar-refractivity contribution < 1.29 is 8.42 Å². The van der Waals surface area contributed by atoms with E-state index in [1.807, 2.05) is 0 Å². The minimum absolute atomic E-state index is 0.253. The van der Waals surface area contributed by atoms with Crippen LogP contribution in [0.4, 0.5) is 0 Å².